The minimum Gasteiger partial charge on any atom is -0.759 e. The average Bonchev–Trinajstić information content (AvgIpc) is 3.05. The lowest BCUT2D eigenvalue weighted by molar-refractivity contribution is -0.246. The minimum absolute atomic E-state index is 0.0146. The quantitative estimate of drug-likeness (QED) is 0.0851. The van der Waals surface area contributed by atoms with Gasteiger partial charge in [-0.2, -0.15) is 56.3 Å². The SMILES string of the molecule is C=Cc1ccc(OS(=O)(=O)C(F)(F)C(F)(F)C(F)(F)S(=O)([O-])=NS(=O)(=O)C(F)(F)F)cc1.c1ccc([S+](c2ccccc2)c2ccccc2)cc1. The van der Waals surface area contributed by atoms with Gasteiger partial charge in [-0.3, -0.25) is 4.21 Å². The van der Waals surface area contributed by atoms with E-state index in [-0.39, 0.29) is 16.5 Å². The zero-order valence-corrected chi connectivity index (χ0v) is 28.4. The third kappa shape index (κ3) is 8.88. The van der Waals surface area contributed by atoms with Crippen molar-refractivity contribution in [1.29, 1.82) is 0 Å². The fourth-order valence-electron chi connectivity index (χ4n) is 3.62. The van der Waals surface area contributed by atoms with Gasteiger partial charge in [-0.1, -0.05) is 79.4 Å². The summed E-state index contributed by atoms with van der Waals surface area (Å²) in [5, 5.41) is -14.6. The van der Waals surface area contributed by atoms with Crippen molar-refractivity contribution in [3.05, 3.63) is 127 Å². The number of hydrogen-bond donors (Lipinski definition) is 0. The summed E-state index contributed by atoms with van der Waals surface area (Å²) in [6.07, 6.45) is 1.14. The van der Waals surface area contributed by atoms with E-state index in [1.54, 1.807) is 0 Å². The summed E-state index contributed by atoms with van der Waals surface area (Å²) in [5.74, 6) is -8.73. The van der Waals surface area contributed by atoms with Gasteiger partial charge in [0.25, 0.3) is 0 Å². The van der Waals surface area contributed by atoms with Crippen LogP contribution >= 0.6 is 0 Å². The van der Waals surface area contributed by atoms with E-state index in [1.165, 1.54) is 14.7 Å². The van der Waals surface area contributed by atoms with Crippen LogP contribution in [-0.2, 0) is 41.0 Å². The fraction of sp³-hybridized carbons (Fsp3) is 0.133. The summed E-state index contributed by atoms with van der Waals surface area (Å²) in [5.41, 5.74) is -6.49. The van der Waals surface area contributed by atoms with E-state index in [4.69, 9.17) is 0 Å². The predicted molar refractivity (Wildman–Crippen MR) is 169 cm³/mol. The second-order valence-corrected chi connectivity index (χ2v) is 16.7. The molecule has 0 fully saturated rings. The minimum atomic E-state index is -7.96. The molecule has 1 atom stereocenters. The molecule has 0 aliphatic heterocycles. The smallest absolute Gasteiger partial charge is 0.519 e. The predicted octanol–water partition coefficient (Wildman–Crippen LogP) is 8.09. The molecule has 1 unspecified atom stereocenters. The zero-order chi connectivity index (χ0) is 38.5. The van der Waals surface area contributed by atoms with Crippen molar-refractivity contribution in [2.24, 2.45) is 3.77 Å². The summed E-state index contributed by atoms with van der Waals surface area (Å²) in [4.78, 5) is 4.08. The summed E-state index contributed by atoms with van der Waals surface area (Å²) >= 11 is 0. The van der Waals surface area contributed by atoms with Gasteiger partial charge in [0.15, 0.2) is 14.7 Å². The van der Waals surface area contributed by atoms with Crippen LogP contribution in [0.2, 0.25) is 0 Å². The van der Waals surface area contributed by atoms with Gasteiger partial charge in [0.05, 0.1) is 20.9 Å². The molecule has 0 heterocycles. The molecule has 8 nitrogen and oxygen atoms in total. The Bertz CT molecular complexity index is 2050. The van der Waals surface area contributed by atoms with Crippen molar-refractivity contribution >= 4 is 47.1 Å². The molecule has 0 amide bonds. The monoisotopic (exact) mass is 807 g/mol. The van der Waals surface area contributed by atoms with Crippen LogP contribution in [0.1, 0.15) is 5.56 Å². The van der Waals surface area contributed by atoms with E-state index in [9.17, 15) is 65.1 Å². The highest BCUT2D eigenvalue weighted by Gasteiger charge is 2.80. The zero-order valence-electron chi connectivity index (χ0n) is 25.1. The molecular formula is C30H22F9NO7S4. The van der Waals surface area contributed by atoms with Crippen LogP contribution in [0.3, 0.4) is 0 Å². The molecule has 4 rings (SSSR count). The Morgan fingerprint density at radius 2 is 0.980 bits per heavy atom. The summed E-state index contributed by atoms with van der Waals surface area (Å²) in [6.45, 7) is 3.26. The maximum Gasteiger partial charge on any atom is 0.519 e. The van der Waals surface area contributed by atoms with E-state index < -0.39 is 57.8 Å². The molecule has 0 radical (unpaired) electrons. The van der Waals surface area contributed by atoms with Crippen LogP contribution in [0.5, 0.6) is 5.75 Å². The van der Waals surface area contributed by atoms with Crippen LogP contribution in [0, 0.1) is 0 Å². The molecule has 0 spiro atoms. The van der Waals surface area contributed by atoms with Crippen LogP contribution < -0.4 is 4.18 Å². The van der Waals surface area contributed by atoms with Gasteiger partial charge < -0.3 is 8.74 Å². The van der Waals surface area contributed by atoms with Crippen molar-refractivity contribution in [2.75, 3.05) is 0 Å². The van der Waals surface area contributed by atoms with Crippen molar-refractivity contribution in [1.82, 2.24) is 0 Å². The molecule has 4 aromatic rings. The van der Waals surface area contributed by atoms with E-state index in [2.05, 4.69) is 102 Å². The molecule has 0 saturated heterocycles. The first kappa shape index (κ1) is 41.4. The van der Waals surface area contributed by atoms with Gasteiger partial charge in [0.1, 0.15) is 5.75 Å². The molecule has 0 aromatic heterocycles. The molecule has 276 valence electrons. The van der Waals surface area contributed by atoms with Crippen LogP contribution in [0.4, 0.5) is 39.5 Å². The first-order chi connectivity index (χ1) is 23.4. The number of sulfonamides is 1. The fourth-order valence-corrected chi connectivity index (χ4v) is 8.90. The van der Waals surface area contributed by atoms with Gasteiger partial charge in [-0.15, -0.1) is 3.77 Å². The highest BCUT2D eigenvalue weighted by Crippen LogP contribution is 2.52. The van der Waals surface area contributed by atoms with Gasteiger partial charge in [0.2, 0.25) is 0 Å². The molecule has 4 aromatic carbocycles. The molecule has 0 bridgehead atoms. The Labute approximate surface area is 289 Å². The summed E-state index contributed by atoms with van der Waals surface area (Å²) < 4.78 is 190. The summed E-state index contributed by atoms with van der Waals surface area (Å²) in [7, 11) is -22.6. The molecule has 0 saturated carbocycles. The summed E-state index contributed by atoms with van der Waals surface area (Å²) in [6, 6.07) is 35.2. The second-order valence-electron chi connectivity index (χ2n) is 9.63. The third-order valence-corrected chi connectivity index (χ3v) is 12.7. The van der Waals surface area contributed by atoms with Gasteiger partial charge >= 0.3 is 42.1 Å². The van der Waals surface area contributed by atoms with Crippen molar-refractivity contribution in [3.63, 3.8) is 0 Å². The lowest BCUT2D eigenvalue weighted by atomic mass is 10.2. The Hall–Kier alpha value is -4.05. The topological polar surface area (TPSA) is 130 Å². The highest BCUT2D eigenvalue weighted by molar-refractivity contribution is 8.01. The lowest BCUT2D eigenvalue weighted by Gasteiger charge is -2.34. The van der Waals surface area contributed by atoms with Gasteiger partial charge in [-0.05, 0) is 54.1 Å². The molecule has 21 heteroatoms. The Morgan fingerprint density at radius 1 is 0.608 bits per heavy atom. The number of nitrogens with zero attached hydrogens (tertiary/aromatic N) is 1. The van der Waals surface area contributed by atoms with Crippen molar-refractivity contribution < 1.29 is 69.3 Å². The first-order valence-electron chi connectivity index (χ1n) is 13.4. The number of alkyl halides is 9. The molecule has 0 N–H and O–H groups in total. The van der Waals surface area contributed by atoms with Crippen molar-refractivity contribution in [2.45, 2.75) is 36.6 Å². The van der Waals surface area contributed by atoms with E-state index in [0.717, 1.165) is 18.2 Å². The molecule has 0 aliphatic rings. The molecule has 51 heavy (non-hydrogen) atoms. The Balaban J connectivity index is 0.000000310. The number of hydrogen-bond acceptors (Lipinski definition) is 7. The maximum absolute atomic E-state index is 13.9. The van der Waals surface area contributed by atoms with Crippen LogP contribution in [-0.4, -0.2) is 47.5 Å². The first-order valence-corrected chi connectivity index (χ1v) is 18.9. The highest BCUT2D eigenvalue weighted by atomic mass is 32.3. The van der Waals surface area contributed by atoms with Crippen LogP contribution in [0.15, 0.2) is 140 Å². The van der Waals surface area contributed by atoms with E-state index in [1.807, 2.05) is 0 Å². The molecule has 0 aliphatic carbocycles. The third-order valence-electron chi connectivity index (χ3n) is 6.12. The molecular weight excluding hydrogens is 786 g/mol. The second kappa shape index (κ2) is 15.3. The van der Waals surface area contributed by atoms with E-state index >= 15 is 0 Å². The number of rotatable bonds is 11. The number of halogens is 9. The Morgan fingerprint density at radius 3 is 1.31 bits per heavy atom. The van der Waals surface area contributed by atoms with Crippen molar-refractivity contribution in [3.8, 4) is 5.75 Å². The van der Waals surface area contributed by atoms with Gasteiger partial charge in [-0.25, -0.2) is 0 Å². The van der Waals surface area contributed by atoms with E-state index in [0.29, 0.717) is 15.9 Å². The lowest BCUT2D eigenvalue weighted by Crippen LogP contribution is -2.61. The normalized spacial score (nSPS) is 14.1. The van der Waals surface area contributed by atoms with Crippen LogP contribution in [0.25, 0.3) is 6.08 Å². The largest absolute Gasteiger partial charge is 0.759 e. The standard InChI is InChI=1S/C18H15S.C12H8F9NO7S3/c1-4-10-16(11-5-1)19(17-12-6-2-7-13-17)18-14-8-3-9-15-18;1-2-7-3-5-8(6-4-7)29-32(27,28)11(17,18)9(13,14)10(15,16)30(23,24)22-31(25,26)12(19,20)21/h1-15H;2-6H,1H2,(H,22,23,24)/q+1;/p-1. The Kier molecular flexibility index (Phi) is 12.4. The van der Waals surface area contributed by atoms with Gasteiger partial charge in [0, 0.05) is 0 Å². The number of benzene rings is 4. The average molecular weight is 808 g/mol. The maximum atomic E-state index is 13.9.